The zero-order chi connectivity index (χ0) is 16.5. The first-order valence-corrected chi connectivity index (χ1v) is 9.51. The molecule has 0 unspecified atom stereocenters. The first-order chi connectivity index (χ1) is 11.1. The van der Waals surface area contributed by atoms with E-state index in [0.717, 1.165) is 57.2 Å². The largest absolute Gasteiger partial charge is 0.466 e. The van der Waals surface area contributed by atoms with Crippen molar-refractivity contribution < 1.29 is 19.0 Å². The first-order valence-electron chi connectivity index (χ1n) is 9.51. The van der Waals surface area contributed by atoms with Crippen LogP contribution in [-0.2, 0) is 19.0 Å². The minimum Gasteiger partial charge on any atom is -0.466 e. The maximum absolute atomic E-state index is 11.9. The minimum absolute atomic E-state index is 0.0690. The Morgan fingerprint density at radius 2 is 1.43 bits per heavy atom. The molecule has 4 nitrogen and oxygen atoms in total. The molecule has 0 aromatic heterocycles. The molecule has 4 fully saturated rings. The maximum atomic E-state index is 11.9. The van der Waals surface area contributed by atoms with Crippen molar-refractivity contribution in [1.82, 2.24) is 0 Å². The normalized spacial score (nSPS) is 41.3. The van der Waals surface area contributed by atoms with Gasteiger partial charge < -0.3 is 14.2 Å². The van der Waals surface area contributed by atoms with Crippen molar-refractivity contribution >= 4 is 5.97 Å². The molecular weight excluding hydrogens is 292 g/mol. The standard InChI is InChI=1S/C19H32O4/c1-4-21-17(20)8-7-16-18(22-5-2)10-14-9-15(11-18)13-19(16,12-14)23-6-3/h14-16H,4-13H2,1-3H3. The van der Waals surface area contributed by atoms with E-state index in [-0.39, 0.29) is 17.2 Å². The van der Waals surface area contributed by atoms with Crippen molar-refractivity contribution in [3.05, 3.63) is 0 Å². The minimum atomic E-state index is -0.0837. The quantitative estimate of drug-likeness (QED) is 0.638. The number of esters is 1. The third-order valence-electron chi connectivity index (χ3n) is 6.28. The summed E-state index contributed by atoms with van der Waals surface area (Å²) in [5.41, 5.74) is -0.138. The van der Waals surface area contributed by atoms with E-state index < -0.39 is 0 Å². The van der Waals surface area contributed by atoms with Gasteiger partial charge >= 0.3 is 5.97 Å². The number of hydrogen-bond donors (Lipinski definition) is 0. The SMILES string of the molecule is CCOC(=O)CCC1C2(OCC)CC3CC(C2)CC1(OCC)C3. The topological polar surface area (TPSA) is 44.8 Å². The second kappa shape index (κ2) is 6.72. The molecule has 0 amide bonds. The molecule has 4 aliphatic carbocycles. The molecule has 0 aromatic carbocycles. The van der Waals surface area contributed by atoms with Gasteiger partial charge in [0.2, 0.25) is 0 Å². The lowest BCUT2D eigenvalue weighted by Gasteiger charge is -2.65. The van der Waals surface area contributed by atoms with Gasteiger partial charge in [0.25, 0.3) is 0 Å². The Balaban J connectivity index is 1.83. The van der Waals surface area contributed by atoms with Crippen molar-refractivity contribution in [2.75, 3.05) is 19.8 Å². The Hall–Kier alpha value is -0.610. The maximum Gasteiger partial charge on any atom is 0.305 e. The van der Waals surface area contributed by atoms with E-state index >= 15 is 0 Å². The van der Waals surface area contributed by atoms with Gasteiger partial charge in [0.05, 0.1) is 17.8 Å². The third kappa shape index (κ3) is 3.05. The van der Waals surface area contributed by atoms with Crippen LogP contribution in [0.5, 0.6) is 0 Å². The summed E-state index contributed by atoms with van der Waals surface area (Å²) in [5.74, 6) is 1.71. The predicted molar refractivity (Wildman–Crippen MR) is 88.1 cm³/mol. The van der Waals surface area contributed by atoms with Gasteiger partial charge in [-0.2, -0.15) is 0 Å². The average Bonchev–Trinajstić information content (AvgIpc) is 2.46. The molecule has 0 saturated heterocycles. The summed E-state index contributed by atoms with van der Waals surface area (Å²) in [6.45, 7) is 8.00. The van der Waals surface area contributed by atoms with Crippen LogP contribution in [0, 0.1) is 17.8 Å². The van der Waals surface area contributed by atoms with E-state index in [1.54, 1.807) is 0 Å². The molecule has 0 aromatic rings. The molecule has 4 rings (SSSR count). The van der Waals surface area contributed by atoms with Crippen molar-refractivity contribution in [2.45, 2.75) is 76.9 Å². The molecule has 0 atom stereocenters. The van der Waals surface area contributed by atoms with E-state index in [9.17, 15) is 4.79 Å². The molecule has 4 heteroatoms. The van der Waals surface area contributed by atoms with Gasteiger partial charge in [-0.25, -0.2) is 0 Å². The second-order valence-corrected chi connectivity index (χ2v) is 7.68. The summed E-state index contributed by atoms with van der Waals surface area (Å²) in [7, 11) is 0. The van der Waals surface area contributed by atoms with Crippen LogP contribution in [0.15, 0.2) is 0 Å². The van der Waals surface area contributed by atoms with E-state index in [1.807, 2.05) is 6.92 Å². The summed E-state index contributed by atoms with van der Waals surface area (Å²) in [6.07, 6.45) is 7.27. The summed E-state index contributed by atoms with van der Waals surface area (Å²) in [5, 5.41) is 0. The van der Waals surface area contributed by atoms with Crippen LogP contribution in [0.4, 0.5) is 0 Å². The van der Waals surface area contributed by atoms with Crippen molar-refractivity contribution in [3.63, 3.8) is 0 Å². The summed E-state index contributed by atoms with van der Waals surface area (Å²) in [6, 6.07) is 0. The number of hydrogen-bond acceptors (Lipinski definition) is 4. The molecule has 0 heterocycles. The highest BCUT2D eigenvalue weighted by molar-refractivity contribution is 5.69. The van der Waals surface area contributed by atoms with Crippen LogP contribution in [0.1, 0.15) is 65.7 Å². The lowest BCUT2D eigenvalue weighted by Crippen LogP contribution is -2.67. The monoisotopic (exact) mass is 324 g/mol. The van der Waals surface area contributed by atoms with E-state index in [2.05, 4.69) is 13.8 Å². The van der Waals surface area contributed by atoms with E-state index in [1.165, 1.54) is 6.42 Å². The van der Waals surface area contributed by atoms with Crippen LogP contribution in [0.3, 0.4) is 0 Å². The van der Waals surface area contributed by atoms with Crippen LogP contribution in [0.25, 0.3) is 0 Å². The Kier molecular flexibility index (Phi) is 5.03. The van der Waals surface area contributed by atoms with Gasteiger partial charge in [-0.15, -0.1) is 0 Å². The summed E-state index contributed by atoms with van der Waals surface area (Å²) in [4.78, 5) is 11.9. The molecule has 4 aliphatic rings. The zero-order valence-corrected chi connectivity index (χ0v) is 14.9. The fourth-order valence-electron chi connectivity index (χ4n) is 6.15. The van der Waals surface area contributed by atoms with Crippen LogP contribution >= 0.6 is 0 Å². The van der Waals surface area contributed by atoms with Crippen LogP contribution < -0.4 is 0 Å². The fraction of sp³-hybridized carbons (Fsp3) is 0.947. The highest BCUT2D eigenvalue weighted by atomic mass is 16.5. The Labute approximate surface area is 140 Å². The van der Waals surface area contributed by atoms with Crippen LogP contribution in [0.2, 0.25) is 0 Å². The third-order valence-corrected chi connectivity index (χ3v) is 6.28. The number of carbonyl (C=O) groups is 1. The van der Waals surface area contributed by atoms with Gasteiger partial charge in [-0.05, 0) is 71.1 Å². The molecule has 4 saturated carbocycles. The molecule has 0 spiro atoms. The van der Waals surface area contributed by atoms with Gasteiger partial charge in [-0.3, -0.25) is 4.79 Å². The molecule has 0 aliphatic heterocycles. The lowest BCUT2D eigenvalue weighted by atomic mass is 9.46. The van der Waals surface area contributed by atoms with Crippen molar-refractivity contribution in [1.29, 1.82) is 0 Å². The summed E-state index contributed by atoms with van der Waals surface area (Å²) < 4.78 is 17.9. The van der Waals surface area contributed by atoms with Gasteiger partial charge in [0.1, 0.15) is 0 Å². The Morgan fingerprint density at radius 1 is 0.913 bits per heavy atom. The fourth-order valence-corrected chi connectivity index (χ4v) is 6.15. The molecule has 132 valence electrons. The van der Waals surface area contributed by atoms with E-state index in [4.69, 9.17) is 14.2 Å². The average molecular weight is 324 g/mol. The molecule has 4 bridgehead atoms. The summed E-state index contributed by atoms with van der Waals surface area (Å²) >= 11 is 0. The smallest absolute Gasteiger partial charge is 0.305 e. The number of carbonyl (C=O) groups excluding carboxylic acids is 1. The number of rotatable bonds is 8. The van der Waals surface area contributed by atoms with E-state index in [0.29, 0.717) is 18.9 Å². The van der Waals surface area contributed by atoms with Crippen molar-refractivity contribution in [3.8, 4) is 0 Å². The highest BCUT2D eigenvalue weighted by Gasteiger charge is 2.64. The van der Waals surface area contributed by atoms with Gasteiger partial charge in [-0.1, -0.05) is 0 Å². The molecule has 0 N–H and O–H groups in total. The first kappa shape index (κ1) is 17.2. The zero-order valence-electron chi connectivity index (χ0n) is 14.9. The number of ether oxygens (including phenoxy) is 3. The molecule has 0 radical (unpaired) electrons. The van der Waals surface area contributed by atoms with Gasteiger partial charge in [0, 0.05) is 25.6 Å². The van der Waals surface area contributed by atoms with Crippen molar-refractivity contribution in [2.24, 2.45) is 17.8 Å². The molecule has 23 heavy (non-hydrogen) atoms. The highest BCUT2D eigenvalue weighted by Crippen LogP contribution is 2.64. The predicted octanol–water partition coefficient (Wildman–Crippen LogP) is 3.72. The Morgan fingerprint density at radius 3 is 1.87 bits per heavy atom. The Bertz CT molecular complexity index is 393. The lowest BCUT2D eigenvalue weighted by molar-refractivity contribution is -0.277. The molecular formula is C19H32O4. The second-order valence-electron chi connectivity index (χ2n) is 7.68. The van der Waals surface area contributed by atoms with Crippen LogP contribution in [-0.4, -0.2) is 37.0 Å². The van der Waals surface area contributed by atoms with Gasteiger partial charge in [0.15, 0.2) is 0 Å².